The summed E-state index contributed by atoms with van der Waals surface area (Å²) in [5, 5.41) is 46.5. The average Bonchev–Trinajstić information content (AvgIpc) is 3.37. The standard InChI is InChI=1S/C29H30N2O5/c32-24-15-19-10-4-6-12-21(19)27(24)30-17-26(34)23(14-18-8-2-1-3-9-18)31(29(35)36)28-22-13-7-5-11-20(22)16-25(28)33/h1-13,16,23-24,26-28,30,32-34H,14-15,17H2,(H,35,36)/t23?,24-,26?,27+,28?/m0/s1. The van der Waals surface area contributed by atoms with Gasteiger partial charge in [0.25, 0.3) is 0 Å². The lowest BCUT2D eigenvalue weighted by Gasteiger charge is -2.38. The van der Waals surface area contributed by atoms with Gasteiger partial charge in [0.05, 0.1) is 24.3 Å². The number of fused-ring (bicyclic) bond motifs is 2. The molecule has 7 nitrogen and oxygen atoms in total. The second-order valence-electron chi connectivity index (χ2n) is 9.47. The second-order valence-corrected chi connectivity index (χ2v) is 9.47. The zero-order valence-corrected chi connectivity index (χ0v) is 19.7. The first-order chi connectivity index (χ1) is 17.4. The number of nitrogens with zero attached hydrogens (tertiary/aromatic N) is 1. The van der Waals surface area contributed by atoms with Crippen molar-refractivity contribution >= 4 is 12.2 Å². The minimum atomic E-state index is -1.23. The van der Waals surface area contributed by atoms with Crippen LogP contribution in [0.4, 0.5) is 4.79 Å². The lowest BCUT2D eigenvalue weighted by atomic mass is 9.95. The van der Waals surface area contributed by atoms with Gasteiger partial charge in [0.1, 0.15) is 11.8 Å². The van der Waals surface area contributed by atoms with Crippen LogP contribution < -0.4 is 5.32 Å². The van der Waals surface area contributed by atoms with E-state index in [4.69, 9.17) is 0 Å². The Bertz CT molecular complexity index is 1260. The normalized spacial score (nSPS) is 21.8. The smallest absolute Gasteiger partial charge is 0.408 e. The van der Waals surface area contributed by atoms with Gasteiger partial charge in [-0.3, -0.25) is 4.90 Å². The third-order valence-electron chi connectivity index (χ3n) is 7.21. The number of carboxylic acid groups (broad SMARTS) is 1. The Balaban J connectivity index is 1.44. The molecule has 0 radical (unpaired) electrons. The molecule has 0 fully saturated rings. The van der Waals surface area contributed by atoms with E-state index >= 15 is 0 Å². The summed E-state index contributed by atoms with van der Waals surface area (Å²) in [7, 11) is 0. The van der Waals surface area contributed by atoms with Gasteiger partial charge < -0.3 is 25.7 Å². The maximum absolute atomic E-state index is 12.7. The van der Waals surface area contributed by atoms with Crippen LogP contribution in [0.15, 0.2) is 84.6 Å². The van der Waals surface area contributed by atoms with E-state index in [1.807, 2.05) is 66.7 Å². The summed E-state index contributed by atoms with van der Waals surface area (Å²) in [6.07, 6.45) is -0.621. The minimum Gasteiger partial charge on any atom is -0.510 e. The summed E-state index contributed by atoms with van der Waals surface area (Å²) in [5.74, 6) is -0.0723. The van der Waals surface area contributed by atoms with Gasteiger partial charge in [-0.15, -0.1) is 0 Å². The Kier molecular flexibility index (Phi) is 6.78. The number of aliphatic hydroxyl groups is 3. The van der Waals surface area contributed by atoms with Gasteiger partial charge in [0, 0.05) is 13.0 Å². The molecule has 2 aliphatic carbocycles. The highest BCUT2D eigenvalue weighted by molar-refractivity contribution is 5.72. The molecule has 186 valence electrons. The molecule has 5 rings (SSSR count). The number of aliphatic hydroxyl groups excluding tert-OH is 3. The summed E-state index contributed by atoms with van der Waals surface area (Å²) in [5.41, 5.74) is 4.34. The maximum atomic E-state index is 12.7. The lowest BCUT2D eigenvalue weighted by Crippen LogP contribution is -2.53. The molecule has 5 N–H and O–H groups in total. The number of amides is 1. The van der Waals surface area contributed by atoms with Crippen molar-refractivity contribution in [2.45, 2.75) is 43.2 Å². The first-order valence-electron chi connectivity index (χ1n) is 12.2. The molecule has 0 bridgehead atoms. The van der Waals surface area contributed by atoms with Crippen LogP contribution in [0, 0.1) is 0 Å². The van der Waals surface area contributed by atoms with Crippen LogP contribution in [-0.2, 0) is 12.8 Å². The molecule has 0 spiro atoms. The molecule has 0 aliphatic heterocycles. The van der Waals surface area contributed by atoms with Gasteiger partial charge in [0.15, 0.2) is 0 Å². The molecular formula is C29H30N2O5. The van der Waals surface area contributed by atoms with Crippen molar-refractivity contribution in [1.29, 1.82) is 0 Å². The van der Waals surface area contributed by atoms with Crippen LogP contribution in [0.3, 0.4) is 0 Å². The predicted molar refractivity (Wildman–Crippen MR) is 136 cm³/mol. The summed E-state index contributed by atoms with van der Waals surface area (Å²) >= 11 is 0. The van der Waals surface area contributed by atoms with E-state index in [1.165, 1.54) is 0 Å². The molecule has 2 aliphatic rings. The van der Waals surface area contributed by atoms with E-state index in [-0.39, 0.29) is 24.8 Å². The molecule has 0 aromatic heterocycles. The lowest BCUT2D eigenvalue weighted by molar-refractivity contribution is 0.0231. The second kappa shape index (κ2) is 10.1. The fourth-order valence-corrected chi connectivity index (χ4v) is 5.50. The van der Waals surface area contributed by atoms with E-state index in [1.54, 1.807) is 18.2 Å². The van der Waals surface area contributed by atoms with Crippen LogP contribution in [0.1, 0.15) is 39.9 Å². The Morgan fingerprint density at radius 1 is 0.972 bits per heavy atom. The fraction of sp³-hybridized carbons (Fsp3) is 0.276. The van der Waals surface area contributed by atoms with Crippen molar-refractivity contribution in [2.75, 3.05) is 6.54 Å². The highest BCUT2D eigenvalue weighted by atomic mass is 16.4. The molecule has 3 aromatic carbocycles. The Hall–Kier alpha value is -3.65. The molecule has 5 atom stereocenters. The highest BCUT2D eigenvalue weighted by Crippen LogP contribution is 2.39. The molecular weight excluding hydrogens is 456 g/mol. The van der Waals surface area contributed by atoms with Gasteiger partial charge in [-0.1, -0.05) is 78.9 Å². The molecule has 3 unspecified atom stereocenters. The van der Waals surface area contributed by atoms with E-state index in [0.29, 0.717) is 12.0 Å². The molecule has 7 heteroatoms. The third kappa shape index (κ3) is 4.60. The summed E-state index contributed by atoms with van der Waals surface area (Å²) in [4.78, 5) is 13.8. The van der Waals surface area contributed by atoms with Crippen LogP contribution in [0.25, 0.3) is 6.08 Å². The van der Waals surface area contributed by atoms with Crippen molar-refractivity contribution in [1.82, 2.24) is 10.2 Å². The molecule has 1 amide bonds. The van der Waals surface area contributed by atoms with E-state index in [9.17, 15) is 25.2 Å². The largest absolute Gasteiger partial charge is 0.510 e. The molecule has 0 saturated heterocycles. The quantitative estimate of drug-likeness (QED) is 0.331. The first-order valence-corrected chi connectivity index (χ1v) is 12.2. The highest BCUT2D eigenvalue weighted by Gasteiger charge is 2.41. The number of hydrogen-bond donors (Lipinski definition) is 5. The van der Waals surface area contributed by atoms with E-state index < -0.39 is 30.4 Å². The summed E-state index contributed by atoms with van der Waals surface area (Å²) in [6.45, 7) is 0.0657. The number of rotatable bonds is 8. The van der Waals surface area contributed by atoms with Crippen LogP contribution >= 0.6 is 0 Å². The minimum absolute atomic E-state index is 0.0657. The molecule has 0 saturated carbocycles. The van der Waals surface area contributed by atoms with Crippen molar-refractivity contribution in [3.63, 3.8) is 0 Å². The zero-order chi connectivity index (χ0) is 25.2. The van der Waals surface area contributed by atoms with Gasteiger partial charge in [0.2, 0.25) is 0 Å². The Morgan fingerprint density at radius 3 is 2.39 bits per heavy atom. The van der Waals surface area contributed by atoms with Crippen LogP contribution in [-0.4, -0.2) is 56.2 Å². The van der Waals surface area contributed by atoms with Gasteiger partial charge in [-0.25, -0.2) is 4.79 Å². The third-order valence-corrected chi connectivity index (χ3v) is 7.21. The first kappa shape index (κ1) is 24.1. The molecule has 0 heterocycles. The van der Waals surface area contributed by atoms with E-state index in [0.717, 1.165) is 27.2 Å². The van der Waals surface area contributed by atoms with Crippen molar-refractivity contribution in [3.8, 4) is 0 Å². The van der Waals surface area contributed by atoms with Crippen LogP contribution in [0.5, 0.6) is 0 Å². The maximum Gasteiger partial charge on any atom is 0.408 e. The van der Waals surface area contributed by atoms with Crippen molar-refractivity contribution in [2.24, 2.45) is 0 Å². The van der Waals surface area contributed by atoms with Crippen LogP contribution in [0.2, 0.25) is 0 Å². The van der Waals surface area contributed by atoms with Gasteiger partial charge in [-0.2, -0.15) is 0 Å². The SMILES string of the molecule is O=C(O)N(C1C(O)=Cc2ccccc21)C(Cc1ccccc1)C(O)CN[C@@H]1c2ccccc2C[C@@H]1O. The topological polar surface area (TPSA) is 113 Å². The Morgan fingerprint density at radius 2 is 1.64 bits per heavy atom. The average molecular weight is 487 g/mol. The van der Waals surface area contributed by atoms with Crippen molar-refractivity contribution < 1.29 is 25.2 Å². The summed E-state index contributed by atoms with van der Waals surface area (Å²) < 4.78 is 0. The number of carbonyl (C=O) groups is 1. The predicted octanol–water partition coefficient (Wildman–Crippen LogP) is 3.84. The zero-order valence-electron chi connectivity index (χ0n) is 19.7. The van der Waals surface area contributed by atoms with Gasteiger partial charge >= 0.3 is 6.09 Å². The molecule has 3 aromatic rings. The van der Waals surface area contributed by atoms with Crippen molar-refractivity contribution in [3.05, 3.63) is 112 Å². The molecule has 36 heavy (non-hydrogen) atoms. The Labute approximate surface area is 210 Å². The number of benzene rings is 3. The van der Waals surface area contributed by atoms with E-state index in [2.05, 4.69) is 5.32 Å². The summed E-state index contributed by atoms with van der Waals surface area (Å²) in [6, 6.07) is 22.3. The monoisotopic (exact) mass is 486 g/mol. The number of nitrogens with one attached hydrogen (secondary N) is 1. The fourth-order valence-electron chi connectivity index (χ4n) is 5.50. The number of hydrogen-bond acceptors (Lipinski definition) is 5. The van der Waals surface area contributed by atoms with Gasteiger partial charge in [-0.05, 0) is 40.3 Å².